The molecule has 248 valence electrons. The van der Waals surface area contributed by atoms with Crippen molar-refractivity contribution in [2.45, 2.75) is 71.5 Å². The van der Waals surface area contributed by atoms with Crippen LogP contribution < -0.4 is 0 Å². The van der Waals surface area contributed by atoms with E-state index in [9.17, 15) is 0 Å². The largest absolute Gasteiger partial charge is 0.414 e. The van der Waals surface area contributed by atoms with Gasteiger partial charge in [0.15, 0.2) is 8.32 Å². The first-order valence-electron chi connectivity index (χ1n) is 15.6. The van der Waals surface area contributed by atoms with Crippen molar-refractivity contribution in [3.8, 4) is 0 Å². The van der Waals surface area contributed by atoms with Crippen LogP contribution in [0, 0.1) is 0 Å². The maximum absolute atomic E-state index is 6.08. The van der Waals surface area contributed by atoms with Crippen molar-refractivity contribution in [3.63, 3.8) is 0 Å². The van der Waals surface area contributed by atoms with Crippen LogP contribution >= 0.6 is 0 Å². The standard InChI is InChI=1S/C30H64O10Si/c1-7-8-9-10-11-31-12-13-32-14-15-33-16-17-34-18-19-35-20-21-36-22-23-37-24-25-38-26-27-39-28-29-40-41(5,6)30(2,3)4/h7-29H2,1-6H3. The molecule has 0 saturated heterocycles. The molecule has 0 aliphatic carbocycles. The van der Waals surface area contributed by atoms with Crippen LogP contribution in [0.2, 0.25) is 18.1 Å². The monoisotopic (exact) mass is 612 g/mol. The Hall–Kier alpha value is -0.183. The zero-order valence-electron chi connectivity index (χ0n) is 27.3. The van der Waals surface area contributed by atoms with Gasteiger partial charge in [0.1, 0.15) is 0 Å². The lowest BCUT2D eigenvalue weighted by atomic mass is 10.2. The van der Waals surface area contributed by atoms with Gasteiger partial charge >= 0.3 is 0 Å². The zero-order chi connectivity index (χ0) is 30.3. The molecule has 0 aromatic heterocycles. The highest BCUT2D eigenvalue weighted by molar-refractivity contribution is 6.74. The SMILES string of the molecule is CCCCCCOCCOCCOCCOCCOCCOCCOCCOCCOCCO[Si](C)(C)C(C)(C)C. The van der Waals surface area contributed by atoms with E-state index < -0.39 is 8.32 Å². The van der Waals surface area contributed by atoms with Crippen molar-refractivity contribution in [1.29, 1.82) is 0 Å². The number of hydrogen-bond acceptors (Lipinski definition) is 10. The van der Waals surface area contributed by atoms with E-state index in [0.717, 1.165) is 13.0 Å². The predicted octanol–water partition coefficient (Wildman–Crippen LogP) is 4.74. The molecule has 0 saturated carbocycles. The summed E-state index contributed by atoms with van der Waals surface area (Å²) < 4.78 is 55.6. The molecule has 0 spiro atoms. The molecular formula is C30H64O10Si. The Labute approximate surface area is 252 Å². The fourth-order valence-corrected chi connectivity index (χ4v) is 4.09. The quantitative estimate of drug-likeness (QED) is 0.0765. The van der Waals surface area contributed by atoms with E-state index in [-0.39, 0.29) is 5.04 Å². The maximum Gasteiger partial charge on any atom is 0.192 e. The lowest BCUT2D eigenvalue weighted by Gasteiger charge is -2.36. The van der Waals surface area contributed by atoms with Crippen molar-refractivity contribution >= 4 is 8.32 Å². The molecule has 0 atom stereocenters. The highest BCUT2D eigenvalue weighted by Gasteiger charge is 2.36. The summed E-state index contributed by atoms with van der Waals surface area (Å²) in [4.78, 5) is 0. The fraction of sp³-hybridized carbons (Fsp3) is 1.00. The molecule has 0 bridgehead atoms. The van der Waals surface area contributed by atoms with Crippen molar-refractivity contribution in [2.24, 2.45) is 0 Å². The second-order valence-corrected chi connectivity index (χ2v) is 16.0. The highest BCUT2D eigenvalue weighted by Crippen LogP contribution is 2.36. The smallest absolute Gasteiger partial charge is 0.192 e. The summed E-state index contributed by atoms with van der Waals surface area (Å²) in [6, 6.07) is 0. The highest BCUT2D eigenvalue weighted by atomic mass is 28.4. The number of ether oxygens (including phenoxy) is 9. The molecule has 0 aromatic rings. The normalized spacial score (nSPS) is 12.4. The van der Waals surface area contributed by atoms with Crippen LogP contribution in [0.1, 0.15) is 53.4 Å². The Morgan fingerprint density at radius 3 is 0.902 bits per heavy atom. The molecule has 11 heteroatoms. The fourth-order valence-electron chi connectivity index (χ4n) is 3.06. The lowest BCUT2D eigenvalue weighted by molar-refractivity contribution is -0.0254. The van der Waals surface area contributed by atoms with Crippen molar-refractivity contribution < 1.29 is 47.1 Å². The van der Waals surface area contributed by atoms with Gasteiger partial charge in [0.05, 0.1) is 119 Å². The first-order valence-corrected chi connectivity index (χ1v) is 18.6. The average molecular weight is 613 g/mol. The summed E-state index contributed by atoms with van der Waals surface area (Å²) in [6.07, 6.45) is 4.91. The van der Waals surface area contributed by atoms with Gasteiger partial charge in [-0.1, -0.05) is 47.0 Å². The summed E-state index contributed by atoms with van der Waals surface area (Å²) in [5.74, 6) is 0. The minimum absolute atomic E-state index is 0.223. The maximum atomic E-state index is 6.08. The molecule has 0 heterocycles. The lowest BCUT2D eigenvalue weighted by Crippen LogP contribution is -2.41. The number of rotatable bonds is 33. The minimum Gasteiger partial charge on any atom is -0.414 e. The third kappa shape index (κ3) is 29.7. The summed E-state index contributed by atoms with van der Waals surface area (Å²) in [5.41, 5.74) is 0. The number of hydrogen-bond donors (Lipinski definition) is 0. The van der Waals surface area contributed by atoms with E-state index in [4.69, 9.17) is 47.1 Å². The van der Waals surface area contributed by atoms with Gasteiger partial charge in [-0.25, -0.2) is 0 Å². The Balaban J connectivity index is 3.12. The summed E-state index contributed by atoms with van der Waals surface area (Å²) >= 11 is 0. The molecule has 0 unspecified atom stereocenters. The van der Waals surface area contributed by atoms with E-state index in [0.29, 0.717) is 119 Å². The second-order valence-electron chi connectivity index (χ2n) is 11.2. The first-order chi connectivity index (χ1) is 19.8. The molecule has 0 amide bonds. The molecule has 0 N–H and O–H groups in total. The molecule has 0 radical (unpaired) electrons. The van der Waals surface area contributed by atoms with Crippen LogP contribution in [0.3, 0.4) is 0 Å². The van der Waals surface area contributed by atoms with Crippen LogP contribution in [-0.4, -0.2) is 134 Å². The molecule has 0 aliphatic rings. The molecule has 41 heavy (non-hydrogen) atoms. The Bertz CT molecular complexity index is 520. The minimum atomic E-state index is -1.69. The van der Waals surface area contributed by atoms with Gasteiger partial charge in [-0.2, -0.15) is 0 Å². The summed E-state index contributed by atoms with van der Waals surface area (Å²) in [5, 5.41) is 0.223. The Kier molecular flexibility index (Phi) is 29.7. The van der Waals surface area contributed by atoms with Crippen LogP contribution in [0.4, 0.5) is 0 Å². The average Bonchev–Trinajstić information content (AvgIpc) is 2.93. The topological polar surface area (TPSA) is 92.3 Å². The Morgan fingerprint density at radius 2 is 0.634 bits per heavy atom. The van der Waals surface area contributed by atoms with Gasteiger partial charge in [-0.3, -0.25) is 0 Å². The van der Waals surface area contributed by atoms with Gasteiger partial charge in [0.25, 0.3) is 0 Å². The molecule has 10 nitrogen and oxygen atoms in total. The van der Waals surface area contributed by atoms with Crippen molar-refractivity contribution in [3.05, 3.63) is 0 Å². The third-order valence-corrected chi connectivity index (χ3v) is 11.2. The van der Waals surface area contributed by atoms with E-state index in [1.54, 1.807) is 0 Å². The molecule has 0 fully saturated rings. The molecular weight excluding hydrogens is 548 g/mol. The van der Waals surface area contributed by atoms with Gasteiger partial charge in [0.2, 0.25) is 0 Å². The van der Waals surface area contributed by atoms with Gasteiger partial charge in [0, 0.05) is 6.61 Å². The van der Waals surface area contributed by atoms with E-state index in [2.05, 4.69) is 40.8 Å². The summed E-state index contributed by atoms with van der Waals surface area (Å²) in [6.45, 7) is 24.4. The van der Waals surface area contributed by atoms with Crippen LogP contribution in [-0.2, 0) is 47.1 Å². The van der Waals surface area contributed by atoms with Gasteiger partial charge in [-0.15, -0.1) is 0 Å². The van der Waals surface area contributed by atoms with Gasteiger partial charge < -0.3 is 47.1 Å². The molecule has 0 aliphatic heterocycles. The summed E-state index contributed by atoms with van der Waals surface area (Å²) in [7, 11) is -1.69. The third-order valence-electron chi connectivity index (χ3n) is 6.62. The molecule has 0 rings (SSSR count). The van der Waals surface area contributed by atoms with E-state index in [1.165, 1.54) is 19.3 Å². The van der Waals surface area contributed by atoms with E-state index >= 15 is 0 Å². The Morgan fingerprint density at radius 1 is 0.366 bits per heavy atom. The van der Waals surface area contributed by atoms with Crippen molar-refractivity contribution in [2.75, 3.05) is 126 Å². The van der Waals surface area contributed by atoms with Crippen molar-refractivity contribution in [1.82, 2.24) is 0 Å². The van der Waals surface area contributed by atoms with Crippen LogP contribution in [0.15, 0.2) is 0 Å². The number of unbranched alkanes of at least 4 members (excludes halogenated alkanes) is 3. The second kappa shape index (κ2) is 29.9. The zero-order valence-corrected chi connectivity index (χ0v) is 28.3. The van der Waals surface area contributed by atoms with Crippen LogP contribution in [0.5, 0.6) is 0 Å². The molecule has 0 aromatic carbocycles. The van der Waals surface area contributed by atoms with Gasteiger partial charge in [-0.05, 0) is 24.6 Å². The van der Waals surface area contributed by atoms with E-state index in [1.807, 2.05) is 0 Å². The first kappa shape index (κ1) is 40.8. The predicted molar refractivity (Wildman–Crippen MR) is 165 cm³/mol. The van der Waals surface area contributed by atoms with Crippen LogP contribution in [0.25, 0.3) is 0 Å².